The number of hydrogen-bond acceptors (Lipinski definition) is 4. The van der Waals surface area contributed by atoms with E-state index in [1.54, 1.807) is 0 Å². The fourth-order valence-corrected chi connectivity index (χ4v) is 5.42. The zero-order chi connectivity index (χ0) is 20.5. The first-order chi connectivity index (χ1) is 13.0. The zero-order valence-electron chi connectivity index (χ0n) is 17.4. The second-order valence-corrected chi connectivity index (χ2v) is 10.3. The smallest absolute Gasteiger partial charge is 0.162 e. The van der Waals surface area contributed by atoms with Gasteiger partial charge in [0.1, 0.15) is 0 Å². The monoisotopic (exact) mass is 379 g/mol. The van der Waals surface area contributed by atoms with Gasteiger partial charge in [-0.05, 0) is 36.2 Å². The number of ketones is 2. The number of Topliss-reactive ketones (excluding diaryl/α,β-unsaturated/α-hetero) is 2. The summed E-state index contributed by atoms with van der Waals surface area (Å²) in [5.74, 6) is 0.0571. The van der Waals surface area contributed by atoms with Gasteiger partial charge in [-0.15, -0.1) is 0 Å². The molecule has 4 nitrogen and oxygen atoms in total. The molecule has 0 unspecified atom stereocenters. The summed E-state index contributed by atoms with van der Waals surface area (Å²) in [5, 5.41) is 12.4. The highest BCUT2D eigenvalue weighted by atomic mass is 16.5. The first-order valence-electron chi connectivity index (χ1n) is 10.0. The first kappa shape index (κ1) is 19.1. The summed E-state index contributed by atoms with van der Waals surface area (Å²) in [6.07, 6.45) is 2.06. The van der Waals surface area contributed by atoms with Crippen LogP contribution in [0.3, 0.4) is 0 Å². The van der Waals surface area contributed by atoms with E-state index >= 15 is 0 Å². The minimum absolute atomic E-state index is 0.0286. The molecule has 3 aliphatic rings. The fraction of sp³-hybridized carbons (Fsp3) is 0.500. The fourth-order valence-electron chi connectivity index (χ4n) is 5.42. The molecule has 4 rings (SSSR count). The van der Waals surface area contributed by atoms with Gasteiger partial charge in [-0.1, -0.05) is 58.0 Å². The van der Waals surface area contributed by atoms with Crippen LogP contribution in [0.5, 0.6) is 0 Å². The van der Waals surface area contributed by atoms with Crippen molar-refractivity contribution in [2.24, 2.45) is 10.8 Å². The van der Waals surface area contributed by atoms with Crippen LogP contribution in [-0.4, -0.2) is 21.8 Å². The summed E-state index contributed by atoms with van der Waals surface area (Å²) in [4.78, 5) is 26.7. The lowest BCUT2D eigenvalue weighted by Gasteiger charge is -2.50. The van der Waals surface area contributed by atoms with E-state index in [0.717, 1.165) is 5.56 Å². The summed E-state index contributed by atoms with van der Waals surface area (Å²) >= 11 is 0. The molecule has 1 aromatic carbocycles. The second-order valence-electron chi connectivity index (χ2n) is 10.3. The van der Waals surface area contributed by atoms with Crippen LogP contribution in [-0.2, 0) is 15.0 Å². The maximum atomic E-state index is 13.4. The molecule has 148 valence electrons. The summed E-state index contributed by atoms with van der Waals surface area (Å²) in [7, 11) is 0. The molecule has 0 fully saturated rings. The van der Waals surface area contributed by atoms with E-state index in [1.165, 1.54) is 5.06 Å². The zero-order valence-corrected chi connectivity index (χ0v) is 17.4. The van der Waals surface area contributed by atoms with Gasteiger partial charge in [0.25, 0.3) is 0 Å². The molecule has 0 atom stereocenters. The maximum Gasteiger partial charge on any atom is 0.162 e. The van der Waals surface area contributed by atoms with Crippen LogP contribution in [0.1, 0.15) is 65.9 Å². The normalized spacial score (nSPS) is 25.6. The minimum Gasteiger partial charge on any atom is -0.294 e. The molecule has 0 saturated carbocycles. The largest absolute Gasteiger partial charge is 0.294 e. The molecule has 0 aromatic heterocycles. The summed E-state index contributed by atoms with van der Waals surface area (Å²) in [5.41, 5.74) is 2.17. The van der Waals surface area contributed by atoms with Crippen LogP contribution < -0.4 is 0 Å². The molecule has 2 aliphatic carbocycles. The van der Waals surface area contributed by atoms with Crippen LogP contribution in [0, 0.1) is 10.8 Å². The number of allylic oxidation sites excluding steroid dienone is 4. The Morgan fingerprint density at radius 3 is 1.61 bits per heavy atom. The first-order valence-corrected chi connectivity index (χ1v) is 10.0. The van der Waals surface area contributed by atoms with E-state index in [1.807, 2.05) is 37.3 Å². The summed E-state index contributed by atoms with van der Waals surface area (Å²) < 4.78 is 0. The van der Waals surface area contributed by atoms with Gasteiger partial charge in [-0.2, -0.15) is 0 Å². The van der Waals surface area contributed by atoms with Gasteiger partial charge in [0.2, 0.25) is 0 Å². The molecule has 28 heavy (non-hydrogen) atoms. The van der Waals surface area contributed by atoms with Crippen molar-refractivity contribution in [2.45, 2.75) is 65.7 Å². The van der Waals surface area contributed by atoms with Crippen molar-refractivity contribution in [2.75, 3.05) is 0 Å². The standard InChI is InChI=1S/C24H29NO3/c1-22(2)11-16-20(18(26)13-22)24(5,15-9-7-6-8-10-15)21-17(25(16)28)12-23(3,4)14-19(21)27/h6-10,28H,11-14H2,1-5H3. The van der Waals surface area contributed by atoms with Crippen LogP contribution in [0.2, 0.25) is 0 Å². The summed E-state index contributed by atoms with van der Waals surface area (Å²) in [6.45, 7) is 10.2. The van der Waals surface area contributed by atoms with E-state index in [-0.39, 0.29) is 22.4 Å². The Morgan fingerprint density at radius 1 is 0.750 bits per heavy atom. The Bertz CT molecular complexity index is 880. The number of carbonyl (C=O) groups is 2. The van der Waals surface area contributed by atoms with E-state index < -0.39 is 5.41 Å². The van der Waals surface area contributed by atoms with E-state index in [4.69, 9.17) is 0 Å². The average molecular weight is 380 g/mol. The van der Waals surface area contributed by atoms with Crippen molar-refractivity contribution in [1.82, 2.24) is 5.06 Å². The number of rotatable bonds is 1. The lowest BCUT2D eigenvalue weighted by atomic mass is 9.57. The molecule has 0 amide bonds. The summed E-state index contributed by atoms with van der Waals surface area (Å²) in [6, 6.07) is 9.81. The number of hydroxylamine groups is 2. The molecule has 0 saturated heterocycles. The molecule has 1 aliphatic heterocycles. The highest BCUT2D eigenvalue weighted by Gasteiger charge is 2.54. The molecule has 1 aromatic rings. The molecule has 1 N–H and O–H groups in total. The van der Waals surface area contributed by atoms with Gasteiger partial charge in [0, 0.05) is 24.0 Å². The van der Waals surface area contributed by atoms with Crippen molar-refractivity contribution >= 4 is 11.6 Å². The van der Waals surface area contributed by atoms with Gasteiger partial charge >= 0.3 is 0 Å². The molecule has 1 heterocycles. The van der Waals surface area contributed by atoms with Gasteiger partial charge in [-0.25, -0.2) is 5.06 Å². The van der Waals surface area contributed by atoms with Crippen LogP contribution in [0.25, 0.3) is 0 Å². The van der Waals surface area contributed by atoms with E-state index in [0.29, 0.717) is 48.2 Å². The predicted octanol–water partition coefficient (Wildman–Crippen LogP) is 4.94. The third-order valence-corrected chi connectivity index (χ3v) is 6.57. The van der Waals surface area contributed by atoms with E-state index in [9.17, 15) is 14.8 Å². The van der Waals surface area contributed by atoms with Gasteiger partial charge < -0.3 is 0 Å². The molecule has 0 radical (unpaired) electrons. The number of benzene rings is 1. The Labute approximate surface area is 166 Å². The quantitative estimate of drug-likeness (QED) is 0.751. The Kier molecular flexibility index (Phi) is 4.03. The van der Waals surface area contributed by atoms with Crippen molar-refractivity contribution in [1.29, 1.82) is 0 Å². The third-order valence-electron chi connectivity index (χ3n) is 6.57. The van der Waals surface area contributed by atoms with Crippen molar-refractivity contribution in [3.63, 3.8) is 0 Å². The second kappa shape index (κ2) is 5.90. The van der Waals surface area contributed by atoms with Crippen molar-refractivity contribution < 1.29 is 14.8 Å². The minimum atomic E-state index is -0.827. The van der Waals surface area contributed by atoms with Crippen LogP contribution in [0.15, 0.2) is 52.9 Å². The van der Waals surface area contributed by atoms with Gasteiger partial charge in [0.15, 0.2) is 11.6 Å². The Hall–Kier alpha value is -2.20. The predicted molar refractivity (Wildman–Crippen MR) is 108 cm³/mol. The van der Waals surface area contributed by atoms with E-state index in [2.05, 4.69) is 27.7 Å². The maximum absolute atomic E-state index is 13.4. The van der Waals surface area contributed by atoms with Gasteiger partial charge in [0.05, 0.1) is 16.8 Å². The number of nitrogens with zero attached hydrogens (tertiary/aromatic N) is 1. The van der Waals surface area contributed by atoms with Crippen LogP contribution >= 0.6 is 0 Å². The lowest BCUT2D eigenvalue weighted by Crippen LogP contribution is -2.50. The number of carbonyl (C=O) groups excluding carboxylic acids is 2. The van der Waals surface area contributed by atoms with Crippen LogP contribution in [0.4, 0.5) is 0 Å². The highest BCUT2D eigenvalue weighted by Crippen LogP contribution is 2.56. The topological polar surface area (TPSA) is 57.6 Å². The molecule has 4 heteroatoms. The molecular formula is C24H29NO3. The van der Waals surface area contributed by atoms with Gasteiger partial charge in [-0.3, -0.25) is 14.8 Å². The molecule has 0 spiro atoms. The molecule has 0 bridgehead atoms. The molecular weight excluding hydrogens is 350 g/mol. The van der Waals surface area contributed by atoms with Crippen molar-refractivity contribution in [3.8, 4) is 0 Å². The number of hydrogen-bond donors (Lipinski definition) is 1. The Morgan fingerprint density at radius 2 is 1.18 bits per heavy atom. The third kappa shape index (κ3) is 2.69. The Balaban J connectivity index is 2.04. The van der Waals surface area contributed by atoms with Crippen molar-refractivity contribution in [3.05, 3.63) is 58.4 Å². The average Bonchev–Trinajstić information content (AvgIpc) is 2.57. The SMILES string of the molecule is CC1(C)CC(=O)C2=C(C1)N(O)C1=C(C(=O)CC(C)(C)C1)C2(C)c1ccccc1. The lowest BCUT2D eigenvalue weighted by molar-refractivity contribution is -0.124. The highest BCUT2D eigenvalue weighted by molar-refractivity contribution is 6.08.